The van der Waals surface area contributed by atoms with Crippen molar-refractivity contribution >= 4 is 16.9 Å². The van der Waals surface area contributed by atoms with Gasteiger partial charge in [-0.1, -0.05) is 44.2 Å². The van der Waals surface area contributed by atoms with Crippen LogP contribution < -0.4 is 0 Å². The molecule has 4 rings (SSSR count). The van der Waals surface area contributed by atoms with Crippen molar-refractivity contribution in [2.75, 3.05) is 6.61 Å². The van der Waals surface area contributed by atoms with E-state index in [1.807, 2.05) is 31.3 Å². The van der Waals surface area contributed by atoms with Gasteiger partial charge in [0.05, 0.1) is 18.0 Å². The molecule has 2 heterocycles. The average Bonchev–Trinajstić information content (AvgIpc) is 2.82. The van der Waals surface area contributed by atoms with Crippen LogP contribution in [0, 0.1) is 0 Å². The smallest absolute Gasteiger partial charge is 0.313 e. The fourth-order valence-corrected chi connectivity index (χ4v) is 4.05. The molecule has 1 atom stereocenters. The van der Waals surface area contributed by atoms with E-state index >= 15 is 0 Å². The molecule has 2 aromatic carbocycles. The molecule has 0 aliphatic carbocycles. The van der Waals surface area contributed by atoms with E-state index in [0.29, 0.717) is 18.9 Å². The Morgan fingerprint density at radius 1 is 0.938 bits per heavy atom. The minimum atomic E-state index is -0.370. The summed E-state index contributed by atoms with van der Waals surface area (Å²) in [5.41, 5.74) is 6.49. The number of benzene rings is 2. The zero-order valence-corrected chi connectivity index (χ0v) is 18.8. The van der Waals surface area contributed by atoms with Crippen molar-refractivity contribution in [1.29, 1.82) is 0 Å². The maximum atomic E-state index is 12.7. The third-order valence-corrected chi connectivity index (χ3v) is 5.75. The normalized spacial score (nSPS) is 12.1. The van der Waals surface area contributed by atoms with E-state index < -0.39 is 0 Å². The maximum absolute atomic E-state index is 12.7. The molecule has 1 unspecified atom stereocenters. The molecular formula is C28H28N2O2. The Kier molecular flexibility index (Phi) is 6.60. The van der Waals surface area contributed by atoms with Crippen molar-refractivity contribution in [3.05, 3.63) is 95.9 Å². The van der Waals surface area contributed by atoms with Crippen LogP contribution >= 0.6 is 0 Å². The molecule has 4 aromatic rings. The zero-order valence-electron chi connectivity index (χ0n) is 18.8. The summed E-state index contributed by atoms with van der Waals surface area (Å²) in [6.07, 6.45) is 5.83. The van der Waals surface area contributed by atoms with Gasteiger partial charge in [0.15, 0.2) is 0 Å². The van der Waals surface area contributed by atoms with Gasteiger partial charge in [-0.25, -0.2) is 0 Å². The molecule has 2 aromatic heterocycles. The molecule has 0 bridgehead atoms. The third-order valence-electron chi connectivity index (χ3n) is 5.75. The number of rotatable bonds is 7. The summed E-state index contributed by atoms with van der Waals surface area (Å²) in [6.45, 7) is 6.61. The van der Waals surface area contributed by atoms with Crippen molar-refractivity contribution in [2.45, 2.75) is 39.0 Å². The van der Waals surface area contributed by atoms with Crippen LogP contribution in [0.15, 0.2) is 79.3 Å². The summed E-state index contributed by atoms with van der Waals surface area (Å²) in [5.74, 6) is -0.162. The van der Waals surface area contributed by atoms with Crippen LogP contribution in [0.1, 0.15) is 49.3 Å². The number of esters is 1. The van der Waals surface area contributed by atoms with Crippen molar-refractivity contribution in [1.82, 2.24) is 9.97 Å². The Balaban J connectivity index is 1.75. The second-order valence-corrected chi connectivity index (χ2v) is 8.29. The molecule has 0 radical (unpaired) electrons. The Labute approximate surface area is 189 Å². The van der Waals surface area contributed by atoms with E-state index in [2.05, 4.69) is 66.3 Å². The predicted octanol–water partition coefficient (Wildman–Crippen LogP) is 6.31. The molecule has 0 fully saturated rings. The number of fused-ring (bicyclic) bond motifs is 1. The number of hydrogen-bond acceptors (Lipinski definition) is 4. The summed E-state index contributed by atoms with van der Waals surface area (Å²) in [5, 5.41) is 1.14. The standard InChI is InChI=1S/C28H28N2O2/c1-4-32-28(31)26(21-10-13-29-14-11-21)16-20-7-5-8-22(15-20)25-18-24(19(2)3)17-23-9-6-12-30-27(23)25/h5-15,17-19,26H,4,16H2,1-3H3. The third kappa shape index (κ3) is 4.70. The van der Waals surface area contributed by atoms with Gasteiger partial charge in [0, 0.05) is 29.5 Å². The van der Waals surface area contributed by atoms with Crippen LogP contribution in [0.5, 0.6) is 0 Å². The fraction of sp³-hybridized carbons (Fsp3) is 0.250. The summed E-state index contributed by atoms with van der Waals surface area (Å²) in [7, 11) is 0. The number of ether oxygens (including phenoxy) is 1. The van der Waals surface area contributed by atoms with E-state index in [4.69, 9.17) is 4.74 Å². The van der Waals surface area contributed by atoms with Gasteiger partial charge in [-0.15, -0.1) is 0 Å². The van der Waals surface area contributed by atoms with Gasteiger partial charge in [0.25, 0.3) is 0 Å². The molecule has 0 saturated carbocycles. The summed E-state index contributed by atoms with van der Waals surface area (Å²) in [6, 6.07) is 20.7. The summed E-state index contributed by atoms with van der Waals surface area (Å²) >= 11 is 0. The SMILES string of the molecule is CCOC(=O)C(Cc1cccc(-c2cc(C(C)C)cc3cccnc23)c1)c1ccncc1. The molecule has 0 aliphatic heterocycles. The van der Waals surface area contributed by atoms with Crippen LogP contribution in [0.4, 0.5) is 0 Å². The topological polar surface area (TPSA) is 52.1 Å². The molecule has 4 nitrogen and oxygen atoms in total. The first-order valence-electron chi connectivity index (χ1n) is 11.1. The first-order valence-corrected chi connectivity index (χ1v) is 11.1. The van der Waals surface area contributed by atoms with Crippen LogP contribution in [0.3, 0.4) is 0 Å². The van der Waals surface area contributed by atoms with E-state index in [1.165, 1.54) is 5.56 Å². The Morgan fingerprint density at radius 3 is 2.50 bits per heavy atom. The highest BCUT2D eigenvalue weighted by Gasteiger charge is 2.23. The summed E-state index contributed by atoms with van der Waals surface area (Å²) in [4.78, 5) is 21.5. The van der Waals surface area contributed by atoms with Crippen molar-refractivity contribution in [3.63, 3.8) is 0 Å². The van der Waals surface area contributed by atoms with Gasteiger partial charge in [0.1, 0.15) is 0 Å². The number of hydrogen-bond donors (Lipinski definition) is 0. The second-order valence-electron chi connectivity index (χ2n) is 8.29. The Morgan fingerprint density at radius 2 is 1.75 bits per heavy atom. The summed E-state index contributed by atoms with van der Waals surface area (Å²) < 4.78 is 5.38. The van der Waals surface area contributed by atoms with Crippen molar-refractivity contribution in [3.8, 4) is 11.1 Å². The van der Waals surface area contributed by atoms with Crippen LogP contribution in [-0.4, -0.2) is 22.5 Å². The molecule has 0 N–H and O–H groups in total. The molecule has 4 heteroatoms. The molecule has 0 amide bonds. The van der Waals surface area contributed by atoms with Crippen molar-refractivity contribution in [2.24, 2.45) is 0 Å². The number of carbonyl (C=O) groups is 1. The first-order chi connectivity index (χ1) is 15.6. The molecule has 32 heavy (non-hydrogen) atoms. The Bertz CT molecular complexity index is 1220. The molecule has 0 spiro atoms. The fourth-order valence-electron chi connectivity index (χ4n) is 4.05. The largest absolute Gasteiger partial charge is 0.466 e. The van der Waals surface area contributed by atoms with Gasteiger partial charge in [-0.05, 0) is 71.8 Å². The average molecular weight is 425 g/mol. The van der Waals surface area contributed by atoms with Crippen LogP contribution in [0.2, 0.25) is 0 Å². The van der Waals surface area contributed by atoms with Crippen molar-refractivity contribution < 1.29 is 9.53 Å². The number of aromatic nitrogens is 2. The minimum Gasteiger partial charge on any atom is -0.466 e. The highest BCUT2D eigenvalue weighted by atomic mass is 16.5. The maximum Gasteiger partial charge on any atom is 0.313 e. The number of pyridine rings is 2. The van der Waals surface area contributed by atoms with Gasteiger partial charge in [-0.2, -0.15) is 0 Å². The van der Waals surface area contributed by atoms with E-state index in [0.717, 1.165) is 33.2 Å². The van der Waals surface area contributed by atoms with Gasteiger partial charge in [-0.3, -0.25) is 14.8 Å². The van der Waals surface area contributed by atoms with Crippen LogP contribution in [0.25, 0.3) is 22.0 Å². The number of nitrogens with zero attached hydrogens (tertiary/aromatic N) is 2. The second kappa shape index (κ2) is 9.73. The highest BCUT2D eigenvalue weighted by Crippen LogP contribution is 2.33. The van der Waals surface area contributed by atoms with Crippen LogP contribution in [-0.2, 0) is 16.0 Å². The van der Waals surface area contributed by atoms with E-state index in [9.17, 15) is 4.79 Å². The molecule has 0 saturated heterocycles. The lowest BCUT2D eigenvalue weighted by Crippen LogP contribution is -2.18. The molecule has 0 aliphatic rings. The van der Waals surface area contributed by atoms with E-state index in [1.54, 1.807) is 12.4 Å². The first kappa shape index (κ1) is 21.7. The van der Waals surface area contributed by atoms with Gasteiger partial charge in [0.2, 0.25) is 0 Å². The quantitative estimate of drug-likeness (QED) is 0.326. The number of carbonyl (C=O) groups excluding carboxylic acids is 1. The van der Waals surface area contributed by atoms with E-state index in [-0.39, 0.29) is 11.9 Å². The zero-order chi connectivity index (χ0) is 22.5. The van der Waals surface area contributed by atoms with Gasteiger partial charge < -0.3 is 4.74 Å². The lowest BCUT2D eigenvalue weighted by atomic mass is 9.90. The Hall–Kier alpha value is -3.53. The molecule has 162 valence electrons. The monoisotopic (exact) mass is 424 g/mol. The lowest BCUT2D eigenvalue weighted by molar-refractivity contribution is -0.144. The minimum absolute atomic E-state index is 0.210. The lowest BCUT2D eigenvalue weighted by Gasteiger charge is -2.17. The highest BCUT2D eigenvalue weighted by molar-refractivity contribution is 5.94. The molecular weight excluding hydrogens is 396 g/mol. The predicted molar refractivity (Wildman–Crippen MR) is 129 cm³/mol. The van der Waals surface area contributed by atoms with Gasteiger partial charge >= 0.3 is 5.97 Å².